The van der Waals surface area contributed by atoms with Gasteiger partial charge >= 0.3 is 18.3 Å². The molecule has 0 saturated heterocycles. The molecule has 0 aliphatic heterocycles. The van der Waals surface area contributed by atoms with Crippen molar-refractivity contribution in [3.8, 4) is 0 Å². The van der Waals surface area contributed by atoms with Gasteiger partial charge in [-0.05, 0) is 66.4 Å². The third-order valence-electron chi connectivity index (χ3n) is 4.93. The number of halogens is 6. The lowest BCUT2D eigenvalue weighted by Crippen LogP contribution is -2.17. The van der Waals surface area contributed by atoms with Crippen LogP contribution in [0.15, 0.2) is 71.6 Å². The van der Waals surface area contributed by atoms with Gasteiger partial charge in [0.1, 0.15) is 0 Å². The molecule has 0 bridgehead atoms. The van der Waals surface area contributed by atoms with E-state index in [0.29, 0.717) is 24.0 Å². The number of aryl methyl sites for hydroxylation is 2. The van der Waals surface area contributed by atoms with E-state index in [1.807, 2.05) is 4.72 Å². The maximum Gasteiger partial charge on any atom is 0.416 e. The normalized spacial score (nSPS) is 12.4. The van der Waals surface area contributed by atoms with E-state index < -0.39 is 44.4 Å². The lowest BCUT2D eigenvalue weighted by Gasteiger charge is -2.15. The van der Waals surface area contributed by atoms with E-state index in [2.05, 4.69) is 0 Å². The van der Waals surface area contributed by atoms with Crippen LogP contribution in [-0.2, 0) is 35.2 Å². The standard InChI is InChI=1S/C23H17F6NO4S/c24-22(25,26)17-11-18(23(27,28)29)13-20(12-17)35(33,34)30-19-6-2-4-15(10-19)8-7-14-3-1-5-16(9-14)21(31)32/h1-6,9-13,30H,7-8H2,(H,31,32). The summed E-state index contributed by atoms with van der Waals surface area (Å²) >= 11 is 0. The van der Waals surface area contributed by atoms with Crippen molar-refractivity contribution in [3.63, 3.8) is 0 Å². The Balaban J connectivity index is 1.85. The third-order valence-corrected chi connectivity index (χ3v) is 6.29. The number of hydrogen-bond donors (Lipinski definition) is 2. The van der Waals surface area contributed by atoms with Crippen molar-refractivity contribution >= 4 is 21.7 Å². The first-order valence-corrected chi connectivity index (χ1v) is 11.4. The fourth-order valence-electron chi connectivity index (χ4n) is 3.23. The van der Waals surface area contributed by atoms with Crippen LogP contribution in [0.2, 0.25) is 0 Å². The summed E-state index contributed by atoms with van der Waals surface area (Å²) in [6.07, 6.45) is -9.62. The highest BCUT2D eigenvalue weighted by Crippen LogP contribution is 2.37. The number of benzene rings is 3. The minimum atomic E-state index is -5.19. The van der Waals surface area contributed by atoms with E-state index in [9.17, 15) is 39.6 Å². The molecule has 5 nitrogen and oxygen atoms in total. The predicted molar refractivity (Wildman–Crippen MR) is 115 cm³/mol. The van der Waals surface area contributed by atoms with Crippen molar-refractivity contribution in [2.45, 2.75) is 30.1 Å². The monoisotopic (exact) mass is 517 g/mol. The van der Waals surface area contributed by atoms with Crippen LogP contribution >= 0.6 is 0 Å². The van der Waals surface area contributed by atoms with E-state index in [1.54, 1.807) is 18.2 Å². The van der Waals surface area contributed by atoms with Gasteiger partial charge in [-0.2, -0.15) is 26.3 Å². The third kappa shape index (κ3) is 6.75. The number of rotatable bonds is 7. The Morgan fingerprint density at radius 1 is 0.771 bits per heavy atom. The summed E-state index contributed by atoms with van der Waals surface area (Å²) < 4.78 is 106. The van der Waals surface area contributed by atoms with Crippen molar-refractivity contribution in [1.29, 1.82) is 0 Å². The Hall–Kier alpha value is -3.54. The van der Waals surface area contributed by atoms with E-state index in [0.717, 1.165) is 0 Å². The Kier molecular flexibility index (Phi) is 7.16. The van der Waals surface area contributed by atoms with Crippen molar-refractivity contribution in [2.75, 3.05) is 4.72 Å². The number of aromatic carboxylic acids is 1. The predicted octanol–water partition coefficient (Wildman–Crippen LogP) is 6.01. The Morgan fingerprint density at radius 3 is 1.80 bits per heavy atom. The minimum absolute atomic E-state index is 0.0623. The molecule has 0 unspecified atom stereocenters. The molecular formula is C23H17F6NO4S. The van der Waals surface area contributed by atoms with Gasteiger partial charge in [0.2, 0.25) is 0 Å². The zero-order valence-corrected chi connectivity index (χ0v) is 18.4. The van der Waals surface area contributed by atoms with Crippen LogP contribution in [-0.4, -0.2) is 19.5 Å². The summed E-state index contributed by atoms with van der Waals surface area (Å²) in [6.45, 7) is 0. The van der Waals surface area contributed by atoms with E-state index in [-0.39, 0.29) is 29.4 Å². The van der Waals surface area contributed by atoms with E-state index >= 15 is 0 Å². The molecule has 0 amide bonds. The van der Waals surface area contributed by atoms with Gasteiger partial charge < -0.3 is 5.11 Å². The lowest BCUT2D eigenvalue weighted by molar-refractivity contribution is -0.143. The highest BCUT2D eigenvalue weighted by molar-refractivity contribution is 7.92. The van der Waals surface area contributed by atoms with Gasteiger partial charge in [0, 0.05) is 5.69 Å². The molecule has 0 aliphatic rings. The highest BCUT2D eigenvalue weighted by Gasteiger charge is 2.38. The van der Waals surface area contributed by atoms with Gasteiger partial charge in [-0.1, -0.05) is 24.3 Å². The highest BCUT2D eigenvalue weighted by atomic mass is 32.2. The van der Waals surface area contributed by atoms with Crippen molar-refractivity contribution < 1.29 is 44.7 Å². The zero-order chi connectivity index (χ0) is 26.0. The number of carbonyl (C=O) groups is 1. The van der Waals surface area contributed by atoms with Crippen LogP contribution in [0.4, 0.5) is 32.0 Å². The molecule has 0 aromatic heterocycles. The smallest absolute Gasteiger partial charge is 0.416 e. The molecule has 35 heavy (non-hydrogen) atoms. The molecule has 3 aromatic carbocycles. The topological polar surface area (TPSA) is 83.5 Å². The van der Waals surface area contributed by atoms with Gasteiger partial charge in [0.15, 0.2) is 0 Å². The molecule has 0 saturated carbocycles. The average Bonchev–Trinajstić information content (AvgIpc) is 2.76. The molecule has 0 heterocycles. The number of carboxylic acids is 1. The number of alkyl halides is 6. The second-order valence-corrected chi connectivity index (χ2v) is 9.24. The van der Waals surface area contributed by atoms with Gasteiger partial charge in [0.05, 0.1) is 21.6 Å². The number of nitrogens with one attached hydrogen (secondary N) is 1. The summed E-state index contributed by atoms with van der Waals surface area (Å²) in [6, 6.07) is 12.1. The van der Waals surface area contributed by atoms with E-state index in [1.165, 1.54) is 30.3 Å². The van der Waals surface area contributed by atoms with Crippen molar-refractivity contribution in [2.24, 2.45) is 0 Å². The van der Waals surface area contributed by atoms with Crippen molar-refractivity contribution in [1.82, 2.24) is 0 Å². The maximum atomic E-state index is 13.1. The average molecular weight is 517 g/mol. The molecule has 0 fully saturated rings. The number of sulfonamides is 1. The quantitative estimate of drug-likeness (QED) is 0.376. The molecule has 0 spiro atoms. The van der Waals surface area contributed by atoms with Crippen LogP contribution in [0, 0.1) is 0 Å². The lowest BCUT2D eigenvalue weighted by atomic mass is 10.0. The summed E-state index contributed by atoms with van der Waals surface area (Å²) in [4.78, 5) is 9.90. The van der Waals surface area contributed by atoms with Crippen molar-refractivity contribution in [3.05, 3.63) is 94.5 Å². The summed E-state index contributed by atoms with van der Waals surface area (Å²) in [5, 5.41) is 9.07. The second-order valence-electron chi connectivity index (χ2n) is 7.55. The first-order chi connectivity index (χ1) is 16.1. The molecule has 2 N–H and O–H groups in total. The van der Waals surface area contributed by atoms with Crippen LogP contribution in [0.1, 0.15) is 32.6 Å². The zero-order valence-electron chi connectivity index (χ0n) is 17.6. The number of carboxylic acid groups (broad SMARTS) is 1. The summed E-state index contributed by atoms with van der Waals surface area (Å²) in [5.41, 5.74) is -2.14. The summed E-state index contributed by atoms with van der Waals surface area (Å²) in [5.74, 6) is -1.09. The molecule has 12 heteroatoms. The van der Waals surface area contributed by atoms with Gasteiger partial charge in [-0.3, -0.25) is 4.72 Å². The summed E-state index contributed by atoms with van der Waals surface area (Å²) in [7, 11) is -4.79. The molecule has 0 radical (unpaired) electrons. The van der Waals surface area contributed by atoms with Gasteiger partial charge in [0.25, 0.3) is 10.0 Å². The molecule has 186 valence electrons. The maximum absolute atomic E-state index is 13.1. The van der Waals surface area contributed by atoms with E-state index in [4.69, 9.17) is 5.11 Å². The second kappa shape index (κ2) is 9.61. The Labute approximate surface area is 196 Å². The van der Waals surface area contributed by atoms with Gasteiger partial charge in [-0.25, -0.2) is 13.2 Å². The molecule has 3 rings (SSSR count). The molecule has 0 atom stereocenters. The van der Waals surface area contributed by atoms with Gasteiger partial charge in [-0.15, -0.1) is 0 Å². The minimum Gasteiger partial charge on any atom is -0.478 e. The Morgan fingerprint density at radius 2 is 1.29 bits per heavy atom. The Bertz CT molecular complexity index is 1320. The van der Waals surface area contributed by atoms with Crippen LogP contribution in [0.5, 0.6) is 0 Å². The van der Waals surface area contributed by atoms with Crippen LogP contribution in [0.25, 0.3) is 0 Å². The molecule has 0 aliphatic carbocycles. The van der Waals surface area contributed by atoms with Crippen LogP contribution in [0.3, 0.4) is 0 Å². The fraction of sp³-hybridized carbons (Fsp3) is 0.174. The molecule has 3 aromatic rings. The SMILES string of the molecule is O=C(O)c1cccc(CCc2cccc(NS(=O)(=O)c3cc(C(F)(F)F)cc(C(F)(F)F)c3)c2)c1. The molecular weight excluding hydrogens is 500 g/mol. The first kappa shape index (κ1) is 26.1. The first-order valence-electron chi connectivity index (χ1n) is 9.89. The number of anilines is 1. The largest absolute Gasteiger partial charge is 0.478 e. The van der Waals surface area contributed by atoms with Crippen LogP contribution < -0.4 is 4.72 Å². The fourth-order valence-corrected chi connectivity index (χ4v) is 4.35. The number of hydrogen-bond acceptors (Lipinski definition) is 3.